The molecule has 0 saturated carbocycles. The number of hydrogen-bond acceptors (Lipinski definition) is 4. The lowest BCUT2D eigenvalue weighted by Crippen LogP contribution is -2.28. The smallest absolute Gasteiger partial charge is 0.263 e. The third-order valence-electron chi connectivity index (χ3n) is 3.98. The standard InChI is InChI=1S/C22H25N3O2/c1-2-27-15-9-14-24-22(26)20(16-23)17-25-21(18-10-5-3-6-11-18)19-12-7-4-8-13-19/h3-8,10-13,17,21,25H,2,9,14-15H2,1H3,(H,24,26)/b20-17-. The van der Waals surface area contributed by atoms with Gasteiger partial charge in [-0.2, -0.15) is 5.26 Å². The molecule has 27 heavy (non-hydrogen) atoms. The Bertz CT molecular complexity index is 728. The Labute approximate surface area is 160 Å². The fourth-order valence-corrected chi connectivity index (χ4v) is 2.61. The van der Waals surface area contributed by atoms with Gasteiger partial charge < -0.3 is 15.4 Å². The number of benzene rings is 2. The van der Waals surface area contributed by atoms with Crippen molar-refractivity contribution in [1.82, 2.24) is 10.6 Å². The second-order valence-electron chi connectivity index (χ2n) is 5.90. The second-order valence-corrected chi connectivity index (χ2v) is 5.90. The van der Waals surface area contributed by atoms with Crippen molar-refractivity contribution in [1.29, 1.82) is 5.26 Å². The second kappa shape index (κ2) is 11.5. The lowest BCUT2D eigenvalue weighted by molar-refractivity contribution is -0.117. The zero-order valence-electron chi connectivity index (χ0n) is 15.5. The lowest BCUT2D eigenvalue weighted by Gasteiger charge is -2.19. The maximum atomic E-state index is 12.2. The van der Waals surface area contributed by atoms with Crippen molar-refractivity contribution in [3.8, 4) is 6.07 Å². The number of ether oxygens (including phenoxy) is 1. The Morgan fingerprint density at radius 1 is 1.11 bits per heavy atom. The van der Waals surface area contributed by atoms with Gasteiger partial charge in [0.2, 0.25) is 0 Å². The van der Waals surface area contributed by atoms with Crippen LogP contribution >= 0.6 is 0 Å². The molecule has 5 nitrogen and oxygen atoms in total. The van der Waals surface area contributed by atoms with Gasteiger partial charge >= 0.3 is 0 Å². The van der Waals surface area contributed by atoms with Crippen LogP contribution in [0.1, 0.15) is 30.5 Å². The molecule has 0 aromatic heterocycles. The van der Waals surface area contributed by atoms with Crippen molar-refractivity contribution >= 4 is 5.91 Å². The van der Waals surface area contributed by atoms with Crippen LogP contribution in [0.15, 0.2) is 72.4 Å². The minimum atomic E-state index is -0.388. The molecule has 0 fully saturated rings. The number of nitrogens with zero attached hydrogens (tertiary/aromatic N) is 1. The molecule has 2 aromatic rings. The summed E-state index contributed by atoms with van der Waals surface area (Å²) < 4.78 is 5.24. The summed E-state index contributed by atoms with van der Waals surface area (Å²) in [7, 11) is 0. The van der Waals surface area contributed by atoms with E-state index in [0.29, 0.717) is 26.2 Å². The van der Waals surface area contributed by atoms with E-state index in [-0.39, 0.29) is 17.5 Å². The number of rotatable bonds is 10. The van der Waals surface area contributed by atoms with Crippen molar-refractivity contribution in [3.05, 3.63) is 83.6 Å². The minimum Gasteiger partial charge on any atom is -0.382 e. The predicted molar refractivity (Wildman–Crippen MR) is 106 cm³/mol. The molecule has 0 atom stereocenters. The first kappa shape index (κ1) is 20.2. The Morgan fingerprint density at radius 2 is 1.70 bits per heavy atom. The number of hydrogen-bond donors (Lipinski definition) is 2. The Balaban J connectivity index is 2.07. The van der Waals surface area contributed by atoms with E-state index in [9.17, 15) is 10.1 Å². The highest BCUT2D eigenvalue weighted by Crippen LogP contribution is 2.21. The van der Waals surface area contributed by atoms with Crippen molar-refractivity contribution in [3.63, 3.8) is 0 Å². The average Bonchev–Trinajstić information content (AvgIpc) is 2.72. The molecular formula is C22H25N3O2. The maximum absolute atomic E-state index is 12.2. The Morgan fingerprint density at radius 3 is 2.22 bits per heavy atom. The summed E-state index contributed by atoms with van der Waals surface area (Å²) in [4.78, 5) is 12.2. The number of nitrogens with one attached hydrogen (secondary N) is 2. The van der Waals surface area contributed by atoms with E-state index in [2.05, 4.69) is 10.6 Å². The third-order valence-corrected chi connectivity index (χ3v) is 3.98. The fraction of sp³-hybridized carbons (Fsp3) is 0.273. The zero-order valence-corrected chi connectivity index (χ0v) is 15.5. The number of carbonyl (C=O) groups is 1. The van der Waals surface area contributed by atoms with E-state index in [4.69, 9.17) is 4.74 Å². The summed E-state index contributed by atoms with van der Waals surface area (Å²) in [6.45, 7) is 3.64. The third kappa shape index (κ3) is 6.61. The molecule has 2 aromatic carbocycles. The highest BCUT2D eigenvalue weighted by molar-refractivity contribution is 5.97. The van der Waals surface area contributed by atoms with Gasteiger partial charge in [0.05, 0.1) is 6.04 Å². The highest BCUT2D eigenvalue weighted by Gasteiger charge is 2.14. The molecule has 0 aliphatic carbocycles. The van der Waals surface area contributed by atoms with Gasteiger partial charge in [-0.3, -0.25) is 4.79 Å². The largest absolute Gasteiger partial charge is 0.382 e. The monoisotopic (exact) mass is 363 g/mol. The maximum Gasteiger partial charge on any atom is 0.263 e. The lowest BCUT2D eigenvalue weighted by atomic mass is 9.99. The van der Waals surface area contributed by atoms with Crippen LogP contribution in [0.25, 0.3) is 0 Å². The highest BCUT2D eigenvalue weighted by atomic mass is 16.5. The van der Waals surface area contributed by atoms with E-state index in [1.54, 1.807) is 0 Å². The van der Waals surface area contributed by atoms with Crippen LogP contribution in [0.5, 0.6) is 0 Å². The van der Waals surface area contributed by atoms with Crippen molar-refractivity contribution < 1.29 is 9.53 Å². The summed E-state index contributed by atoms with van der Waals surface area (Å²) in [5.41, 5.74) is 2.15. The fourth-order valence-electron chi connectivity index (χ4n) is 2.61. The van der Waals surface area contributed by atoms with E-state index in [1.165, 1.54) is 6.20 Å². The summed E-state index contributed by atoms with van der Waals surface area (Å²) in [5.74, 6) is -0.388. The first-order valence-corrected chi connectivity index (χ1v) is 9.08. The van der Waals surface area contributed by atoms with Gasteiger partial charge in [0.25, 0.3) is 5.91 Å². The van der Waals surface area contributed by atoms with Crippen molar-refractivity contribution in [2.24, 2.45) is 0 Å². The van der Waals surface area contributed by atoms with E-state index >= 15 is 0 Å². The van der Waals surface area contributed by atoms with Crippen LogP contribution in [0.3, 0.4) is 0 Å². The predicted octanol–water partition coefficient (Wildman–Crippen LogP) is 3.32. The summed E-state index contributed by atoms with van der Waals surface area (Å²) >= 11 is 0. The van der Waals surface area contributed by atoms with Crippen LogP contribution in [0, 0.1) is 11.3 Å². The molecule has 0 unspecified atom stereocenters. The molecule has 0 radical (unpaired) electrons. The van der Waals surface area contributed by atoms with Gasteiger partial charge in [0.1, 0.15) is 11.6 Å². The topological polar surface area (TPSA) is 74.1 Å². The summed E-state index contributed by atoms with van der Waals surface area (Å²) in [5, 5.41) is 15.3. The van der Waals surface area contributed by atoms with E-state index in [0.717, 1.165) is 11.1 Å². The average molecular weight is 363 g/mol. The SMILES string of the molecule is CCOCCCNC(=O)/C(C#N)=C\NC(c1ccccc1)c1ccccc1. The zero-order chi connectivity index (χ0) is 19.3. The van der Waals surface area contributed by atoms with Crippen molar-refractivity contribution in [2.75, 3.05) is 19.8 Å². The molecule has 2 N–H and O–H groups in total. The molecule has 0 spiro atoms. The van der Waals surface area contributed by atoms with Gasteiger partial charge in [-0.05, 0) is 24.5 Å². The van der Waals surface area contributed by atoms with Crippen LogP contribution < -0.4 is 10.6 Å². The van der Waals surface area contributed by atoms with Crippen LogP contribution in [0.4, 0.5) is 0 Å². The number of carbonyl (C=O) groups excluding carboxylic acids is 1. The normalized spacial score (nSPS) is 11.1. The Kier molecular flexibility index (Phi) is 8.61. The van der Waals surface area contributed by atoms with Gasteiger partial charge in [-0.15, -0.1) is 0 Å². The van der Waals surface area contributed by atoms with Crippen LogP contribution in [-0.2, 0) is 9.53 Å². The number of amides is 1. The molecule has 1 amide bonds. The summed E-state index contributed by atoms with van der Waals surface area (Å²) in [6.07, 6.45) is 2.20. The van der Waals surface area contributed by atoms with Crippen molar-refractivity contribution in [2.45, 2.75) is 19.4 Å². The van der Waals surface area contributed by atoms with Gasteiger partial charge in [0, 0.05) is 26.0 Å². The molecule has 0 bridgehead atoms. The minimum absolute atomic E-state index is 0.0447. The number of nitriles is 1. The molecular weight excluding hydrogens is 338 g/mol. The molecule has 0 saturated heterocycles. The molecule has 0 aliphatic rings. The van der Waals surface area contributed by atoms with E-state index in [1.807, 2.05) is 73.7 Å². The van der Waals surface area contributed by atoms with Gasteiger partial charge in [0.15, 0.2) is 0 Å². The first-order valence-electron chi connectivity index (χ1n) is 9.08. The van der Waals surface area contributed by atoms with Gasteiger partial charge in [-0.1, -0.05) is 60.7 Å². The quantitative estimate of drug-likeness (QED) is 0.386. The molecule has 5 heteroatoms. The first-order chi connectivity index (χ1) is 13.3. The van der Waals surface area contributed by atoms with Gasteiger partial charge in [-0.25, -0.2) is 0 Å². The van der Waals surface area contributed by atoms with Crippen LogP contribution in [0.2, 0.25) is 0 Å². The van der Waals surface area contributed by atoms with Crippen LogP contribution in [-0.4, -0.2) is 25.7 Å². The molecule has 2 rings (SSSR count). The molecule has 0 heterocycles. The molecule has 140 valence electrons. The Hall–Kier alpha value is -3.10. The summed E-state index contributed by atoms with van der Waals surface area (Å²) in [6, 6.07) is 21.6. The molecule has 0 aliphatic heterocycles. The van der Waals surface area contributed by atoms with E-state index < -0.39 is 0 Å².